The Balaban J connectivity index is 2.74. The molecule has 0 saturated carbocycles. The number of thioether (sulfide) groups is 1. The van der Waals surface area contributed by atoms with E-state index in [1.54, 1.807) is 18.9 Å². The summed E-state index contributed by atoms with van der Waals surface area (Å²) in [6.07, 6.45) is 0. The summed E-state index contributed by atoms with van der Waals surface area (Å²) in [5.41, 5.74) is 0. The van der Waals surface area contributed by atoms with E-state index >= 15 is 0 Å². The zero-order chi connectivity index (χ0) is 8.10. The first kappa shape index (κ1) is 8.75. The van der Waals surface area contributed by atoms with Gasteiger partial charge in [-0.3, -0.25) is 0 Å². The third-order valence-electron chi connectivity index (χ3n) is 1.26. The average Bonchev–Trinajstić information content (AvgIpc) is 2.06. The van der Waals surface area contributed by atoms with Crippen LogP contribution in [0.4, 0.5) is 0 Å². The number of alkyl halides is 1. The fourth-order valence-corrected chi connectivity index (χ4v) is 1.63. The molecule has 0 amide bonds. The van der Waals surface area contributed by atoms with Gasteiger partial charge in [-0.25, -0.2) is 0 Å². The predicted molar refractivity (Wildman–Crippen MR) is 49.6 cm³/mol. The molecule has 0 unspecified atom stereocenters. The summed E-state index contributed by atoms with van der Waals surface area (Å²) >= 11 is 7.14. The summed E-state index contributed by atoms with van der Waals surface area (Å²) in [7, 11) is 1.66. The fourth-order valence-electron chi connectivity index (χ4n) is 0.754. The SMILES string of the molecule is COc1cccc(SCCl)c1. The van der Waals surface area contributed by atoms with Crippen LogP contribution in [0.15, 0.2) is 29.2 Å². The normalized spacial score (nSPS) is 9.64. The Kier molecular flexibility index (Phi) is 3.60. The highest BCUT2D eigenvalue weighted by molar-refractivity contribution is 8.00. The number of benzene rings is 1. The quantitative estimate of drug-likeness (QED) is 0.533. The van der Waals surface area contributed by atoms with E-state index in [0.29, 0.717) is 5.21 Å². The summed E-state index contributed by atoms with van der Waals surface area (Å²) in [4.78, 5) is 1.14. The van der Waals surface area contributed by atoms with Crippen molar-refractivity contribution >= 4 is 23.4 Å². The van der Waals surface area contributed by atoms with E-state index in [0.717, 1.165) is 10.6 Å². The Morgan fingerprint density at radius 2 is 2.36 bits per heavy atom. The van der Waals surface area contributed by atoms with Gasteiger partial charge in [0.15, 0.2) is 0 Å². The highest BCUT2D eigenvalue weighted by atomic mass is 35.5. The Morgan fingerprint density at radius 3 is 3.00 bits per heavy atom. The summed E-state index contributed by atoms with van der Waals surface area (Å²) in [5.74, 6) is 0.875. The third kappa shape index (κ3) is 2.64. The summed E-state index contributed by atoms with van der Waals surface area (Å²) in [6, 6.07) is 7.84. The minimum absolute atomic E-state index is 0.577. The van der Waals surface area contributed by atoms with Gasteiger partial charge in [0, 0.05) is 4.90 Å². The molecule has 0 bridgehead atoms. The van der Waals surface area contributed by atoms with Gasteiger partial charge in [0.25, 0.3) is 0 Å². The van der Waals surface area contributed by atoms with Crippen molar-refractivity contribution in [2.75, 3.05) is 12.3 Å². The smallest absolute Gasteiger partial charge is 0.119 e. The van der Waals surface area contributed by atoms with Crippen LogP contribution >= 0.6 is 23.4 Å². The lowest BCUT2D eigenvalue weighted by atomic mass is 10.3. The number of hydrogen-bond donors (Lipinski definition) is 0. The molecule has 0 aliphatic carbocycles. The summed E-state index contributed by atoms with van der Waals surface area (Å²) in [5, 5.41) is 0.577. The Bertz CT molecular complexity index is 227. The largest absolute Gasteiger partial charge is 0.497 e. The Hall–Kier alpha value is -0.340. The Morgan fingerprint density at radius 1 is 1.55 bits per heavy atom. The molecule has 60 valence electrons. The number of ether oxygens (including phenoxy) is 1. The number of methoxy groups -OCH3 is 1. The molecule has 0 aromatic heterocycles. The first-order chi connectivity index (χ1) is 5.36. The van der Waals surface area contributed by atoms with E-state index < -0.39 is 0 Å². The van der Waals surface area contributed by atoms with Gasteiger partial charge < -0.3 is 4.74 Å². The van der Waals surface area contributed by atoms with E-state index in [1.807, 2.05) is 24.3 Å². The molecule has 11 heavy (non-hydrogen) atoms. The molecule has 1 aromatic carbocycles. The molecule has 0 aliphatic heterocycles. The first-order valence-electron chi connectivity index (χ1n) is 3.19. The monoisotopic (exact) mass is 188 g/mol. The molecule has 1 aromatic rings. The maximum atomic E-state index is 5.55. The third-order valence-corrected chi connectivity index (χ3v) is 2.29. The van der Waals surface area contributed by atoms with Crippen molar-refractivity contribution < 1.29 is 4.74 Å². The summed E-state index contributed by atoms with van der Waals surface area (Å²) < 4.78 is 5.04. The van der Waals surface area contributed by atoms with Crippen molar-refractivity contribution in [2.24, 2.45) is 0 Å². The second-order valence-corrected chi connectivity index (χ2v) is 3.57. The van der Waals surface area contributed by atoms with Gasteiger partial charge in [-0.15, -0.1) is 23.4 Å². The van der Waals surface area contributed by atoms with Gasteiger partial charge in [-0.05, 0) is 18.2 Å². The van der Waals surface area contributed by atoms with E-state index in [2.05, 4.69) is 0 Å². The maximum absolute atomic E-state index is 5.55. The van der Waals surface area contributed by atoms with Crippen molar-refractivity contribution in [3.05, 3.63) is 24.3 Å². The Labute approximate surface area is 75.7 Å². The van der Waals surface area contributed by atoms with Crippen molar-refractivity contribution in [1.82, 2.24) is 0 Å². The average molecular weight is 189 g/mol. The van der Waals surface area contributed by atoms with Crippen LogP contribution in [-0.4, -0.2) is 12.3 Å². The van der Waals surface area contributed by atoms with Gasteiger partial charge in [0.05, 0.1) is 12.3 Å². The number of rotatable bonds is 3. The lowest BCUT2D eigenvalue weighted by Crippen LogP contribution is -1.81. The van der Waals surface area contributed by atoms with E-state index in [-0.39, 0.29) is 0 Å². The van der Waals surface area contributed by atoms with Gasteiger partial charge in [0.2, 0.25) is 0 Å². The predicted octanol–water partition coefficient (Wildman–Crippen LogP) is 2.98. The van der Waals surface area contributed by atoms with Crippen LogP contribution in [0, 0.1) is 0 Å². The van der Waals surface area contributed by atoms with Gasteiger partial charge in [0.1, 0.15) is 5.75 Å². The van der Waals surface area contributed by atoms with Gasteiger partial charge in [-0.2, -0.15) is 0 Å². The molecule has 3 heteroatoms. The second kappa shape index (κ2) is 4.52. The fraction of sp³-hybridized carbons (Fsp3) is 0.250. The molecule has 0 aliphatic rings. The summed E-state index contributed by atoms with van der Waals surface area (Å²) in [6.45, 7) is 0. The van der Waals surface area contributed by atoms with Gasteiger partial charge in [-0.1, -0.05) is 6.07 Å². The zero-order valence-electron chi connectivity index (χ0n) is 6.21. The van der Waals surface area contributed by atoms with Crippen LogP contribution in [0.25, 0.3) is 0 Å². The van der Waals surface area contributed by atoms with Crippen LogP contribution in [0.3, 0.4) is 0 Å². The minimum atomic E-state index is 0.577. The van der Waals surface area contributed by atoms with Crippen molar-refractivity contribution in [1.29, 1.82) is 0 Å². The molecule has 1 rings (SSSR count). The van der Waals surface area contributed by atoms with Crippen LogP contribution in [0.2, 0.25) is 0 Å². The number of halogens is 1. The van der Waals surface area contributed by atoms with Gasteiger partial charge >= 0.3 is 0 Å². The maximum Gasteiger partial charge on any atom is 0.119 e. The second-order valence-electron chi connectivity index (χ2n) is 1.93. The molecule has 0 atom stereocenters. The highest BCUT2D eigenvalue weighted by Crippen LogP contribution is 2.22. The van der Waals surface area contributed by atoms with Crippen LogP contribution in [0.5, 0.6) is 5.75 Å². The van der Waals surface area contributed by atoms with Crippen molar-refractivity contribution in [3.63, 3.8) is 0 Å². The molecule has 0 fully saturated rings. The van der Waals surface area contributed by atoms with Crippen LogP contribution < -0.4 is 4.74 Å². The first-order valence-corrected chi connectivity index (χ1v) is 4.71. The molecule has 0 radical (unpaired) electrons. The van der Waals surface area contributed by atoms with Crippen molar-refractivity contribution in [2.45, 2.75) is 4.90 Å². The lowest BCUT2D eigenvalue weighted by molar-refractivity contribution is 0.413. The molecular formula is C8H9ClOS. The molecule has 0 spiro atoms. The zero-order valence-corrected chi connectivity index (χ0v) is 7.78. The van der Waals surface area contributed by atoms with E-state index in [9.17, 15) is 0 Å². The number of hydrogen-bond acceptors (Lipinski definition) is 2. The molecule has 1 nitrogen and oxygen atoms in total. The molecule has 0 N–H and O–H groups in total. The van der Waals surface area contributed by atoms with Crippen LogP contribution in [-0.2, 0) is 0 Å². The minimum Gasteiger partial charge on any atom is -0.497 e. The standard InChI is InChI=1S/C8H9ClOS/c1-10-7-3-2-4-8(5-7)11-6-9/h2-5H,6H2,1H3. The van der Waals surface area contributed by atoms with E-state index in [1.165, 1.54) is 0 Å². The van der Waals surface area contributed by atoms with Crippen molar-refractivity contribution in [3.8, 4) is 5.75 Å². The van der Waals surface area contributed by atoms with E-state index in [4.69, 9.17) is 16.3 Å². The molecule has 0 heterocycles. The van der Waals surface area contributed by atoms with Crippen LogP contribution in [0.1, 0.15) is 0 Å². The lowest BCUT2D eigenvalue weighted by Gasteiger charge is -2.00. The topological polar surface area (TPSA) is 9.23 Å². The molecular weight excluding hydrogens is 180 g/mol. The highest BCUT2D eigenvalue weighted by Gasteiger charge is 1.93. The molecule has 0 saturated heterocycles.